The molecule has 5 nitrogen and oxygen atoms in total. The van der Waals surface area contributed by atoms with E-state index >= 15 is 0 Å². The molecule has 0 saturated carbocycles. The van der Waals surface area contributed by atoms with E-state index in [-0.39, 0.29) is 11.3 Å². The summed E-state index contributed by atoms with van der Waals surface area (Å²) in [5.41, 5.74) is -5.22. The molecule has 0 bridgehead atoms. The van der Waals surface area contributed by atoms with Crippen LogP contribution in [0.3, 0.4) is 0 Å². The normalized spacial score (nSPS) is 14.7. The highest BCUT2D eigenvalue weighted by Crippen LogP contribution is 2.31. The lowest BCUT2D eigenvalue weighted by atomic mass is 10.1. The van der Waals surface area contributed by atoms with E-state index in [1.807, 2.05) is 5.32 Å². The van der Waals surface area contributed by atoms with Crippen molar-refractivity contribution >= 4 is 21.4 Å². The summed E-state index contributed by atoms with van der Waals surface area (Å²) in [4.78, 5) is 12.3. The van der Waals surface area contributed by atoms with E-state index < -0.39 is 56.3 Å². The summed E-state index contributed by atoms with van der Waals surface area (Å²) in [6.07, 6.45) is -9.37. The van der Waals surface area contributed by atoms with Crippen LogP contribution in [-0.2, 0) is 32.7 Å². The van der Waals surface area contributed by atoms with Crippen LogP contribution >= 0.6 is 0 Å². The van der Waals surface area contributed by atoms with Gasteiger partial charge in [0.1, 0.15) is 0 Å². The second kappa shape index (κ2) is 8.50. The number of benzene rings is 2. The maximum atomic E-state index is 12.8. The van der Waals surface area contributed by atoms with Gasteiger partial charge in [-0.3, -0.25) is 4.79 Å². The number of carbonyl (C=O) groups excluding carboxylic acids is 1. The fraction of sp³-hybridized carbons (Fsp3) is 0.316. The van der Waals surface area contributed by atoms with Gasteiger partial charge in [0.05, 0.1) is 22.6 Å². The molecular weight excluding hydrogens is 452 g/mol. The van der Waals surface area contributed by atoms with E-state index in [0.29, 0.717) is 12.1 Å². The van der Waals surface area contributed by atoms with E-state index in [0.717, 1.165) is 43.3 Å². The predicted octanol–water partition coefficient (Wildman–Crippen LogP) is 4.03. The van der Waals surface area contributed by atoms with Crippen molar-refractivity contribution in [3.8, 4) is 0 Å². The number of hydrogen-bond donors (Lipinski definition) is 2. The van der Waals surface area contributed by atoms with Gasteiger partial charge >= 0.3 is 12.4 Å². The van der Waals surface area contributed by atoms with Gasteiger partial charge < -0.3 is 10.4 Å². The molecule has 1 atom stereocenters. The lowest BCUT2D eigenvalue weighted by molar-refractivity contribution is -0.138. The quantitative estimate of drug-likeness (QED) is 0.626. The second-order valence-corrected chi connectivity index (χ2v) is 9.10. The monoisotopic (exact) mass is 469 g/mol. The molecule has 0 fully saturated rings. The Morgan fingerprint density at radius 3 is 2.00 bits per heavy atom. The van der Waals surface area contributed by atoms with Crippen LogP contribution in [0.4, 0.5) is 32.0 Å². The van der Waals surface area contributed by atoms with Crippen LogP contribution in [0.25, 0.3) is 0 Å². The molecule has 2 aromatic rings. The van der Waals surface area contributed by atoms with Crippen molar-refractivity contribution < 1.29 is 44.7 Å². The SMILES string of the molecule is C[C@@](O)(CS(=O)(=O)Cc1cccc(C(F)(F)F)c1)C(=O)Nc1cccc(C(F)(F)F)c1. The topological polar surface area (TPSA) is 83.5 Å². The Hall–Kier alpha value is -2.60. The number of halogens is 6. The van der Waals surface area contributed by atoms with Crippen LogP contribution in [0.1, 0.15) is 23.6 Å². The summed E-state index contributed by atoms with van der Waals surface area (Å²) in [6.45, 7) is 0.833. The predicted molar refractivity (Wildman–Crippen MR) is 99.6 cm³/mol. The summed E-state index contributed by atoms with van der Waals surface area (Å²) in [6, 6.07) is 7.04. The number of hydrogen-bond acceptors (Lipinski definition) is 4. The molecule has 0 spiro atoms. The van der Waals surface area contributed by atoms with Gasteiger partial charge in [0, 0.05) is 5.69 Å². The number of alkyl halides is 6. The summed E-state index contributed by atoms with van der Waals surface area (Å²) in [5.74, 6) is -3.34. The molecule has 0 heterocycles. The first kappa shape index (κ1) is 24.7. The first-order chi connectivity index (χ1) is 14.0. The van der Waals surface area contributed by atoms with Crippen molar-refractivity contribution in [3.63, 3.8) is 0 Å². The Morgan fingerprint density at radius 1 is 0.935 bits per heavy atom. The molecule has 2 N–H and O–H groups in total. The van der Waals surface area contributed by atoms with Crippen LogP contribution in [0.2, 0.25) is 0 Å². The molecule has 12 heteroatoms. The molecule has 0 radical (unpaired) electrons. The minimum atomic E-state index is -4.68. The van der Waals surface area contributed by atoms with Crippen LogP contribution in [0, 0.1) is 0 Å². The van der Waals surface area contributed by atoms with Gasteiger partial charge in [-0.15, -0.1) is 0 Å². The van der Waals surface area contributed by atoms with E-state index in [4.69, 9.17) is 0 Å². The fourth-order valence-electron chi connectivity index (χ4n) is 2.68. The Labute approximate surface area is 173 Å². The molecule has 0 aromatic heterocycles. The van der Waals surface area contributed by atoms with Gasteiger partial charge in [0.2, 0.25) is 0 Å². The van der Waals surface area contributed by atoms with Gasteiger partial charge in [-0.1, -0.05) is 24.3 Å². The number of sulfone groups is 1. The van der Waals surface area contributed by atoms with Crippen LogP contribution in [-0.4, -0.2) is 30.8 Å². The Kier molecular flexibility index (Phi) is 6.76. The van der Waals surface area contributed by atoms with E-state index in [9.17, 15) is 44.7 Å². The number of amides is 1. The number of aliphatic hydroxyl groups is 1. The molecule has 0 saturated heterocycles. The van der Waals surface area contributed by atoms with Crippen LogP contribution in [0.15, 0.2) is 48.5 Å². The average Bonchev–Trinajstić information content (AvgIpc) is 2.59. The summed E-state index contributed by atoms with van der Waals surface area (Å²) in [5, 5.41) is 12.3. The minimum absolute atomic E-state index is 0.205. The minimum Gasteiger partial charge on any atom is -0.379 e. The number of carbonyl (C=O) groups is 1. The highest BCUT2D eigenvalue weighted by molar-refractivity contribution is 7.90. The van der Waals surface area contributed by atoms with Gasteiger partial charge in [-0.2, -0.15) is 26.3 Å². The van der Waals surface area contributed by atoms with Crippen LogP contribution < -0.4 is 5.32 Å². The van der Waals surface area contributed by atoms with Crippen molar-refractivity contribution in [1.29, 1.82) is 0 Å². The molecule has 0 aliphatic heterocycles. The zero-order valence-electron chi connectivity index (χ0n) is 15.9. The summed E-state index contributed by atoms with van der Waals surface area (Å²) < 4.78 is 101. The van der Waals surface area contributed by atoms with Crippen molar-refractivity contribution in [1.82, 2.24) is 0 Å². The smallest absolute Gasteiger partial charge is 0.379 e. The van der Waals surface area contributed by atoms with Gasteiger partial charge in [-0.05, 0) is 36.8 Å². The highest BCUT2D eigenvalue weighted by Gasteiger charge is 2.37. The molecule has 1 amide bonds. The molecule has 2 aromatic carbocycles. The van der Waals surface area contributed by atoms with Gasteiger partial charge in [-0.25, -0.2) is 8.42 Å². The van der Waals surface area contributed by atoms with E-state index in [1.165, 1.54) is 0 Å². The molecule has 0 aliphatic carbocycles. The molecule has 0 aliphatic rings. The number of nitrogens with one attached hydrogen (secondary N) is 1. The lowest BCUT2D eigenvalue weighted by Gasteiger charge is -2.22. The Morgan fingerprint density at radius 2 is 1.45 bits per heavy atom. The lowest BCUT2D eigenvalue weighted by Crippen LogP contribution is -2.46. The van der Waals surface area contributed by atoms with Gasteiger partial charge in [0.25, 0.3) is 5.91 Å². The number of anilines is 1. The molecule has 31 heavy (non-hydrogen) atoms. The molecule has 2 rings (SSSR count). The largest absolute Gasteiger partial charge is 0.416 e. The zero-order valence-corrected chi connectivity index (χ0v) is 16.7. The van der Waals surface area contributed by atoms with Gasteiger partial charge in [0.15, 0.2) is 15.4 Å². The maximum absolute atomic E-state index is 12.8. The average molecular weight is 469 g/mol. The second-order valence-electron chi connectivity index (χ2n) is 7.04. The molecule has 0 unspecified atom stereocenters. The summed E-state index contributed by atoms with van der Waals surface area (Å²) >= 11 is 0. The van der Waals surface area contributed by atoms with Crippen molar-refractivity contribution in [3.05, 3.63) is 65.2 Å². The fourth-order valence-corrected chi connectivity index (χ4v) is 4.45. The third-order valence-corrected chi connectivity index (χ3v) is 5.85. The summed E-state index contributed by atoms with van der Waals surface area (Å²) in [7, 11) is -4.28. The van der Waals surface area contributed by atoms with Crippen molar-refractivity contribution in [2.45, 2.75) is 30.6 Å². The third-order valence-electron chi connectivity index (χ3n) is 4.08. The maximum Gasteiger partial charge on any atom is 0.416 e. The van der Waals surface area contributed by atoms with E-state index in [2.05, 4.69) is 0 Å². The zero-order chi connectivity index (χ0) is 23.7. The van der Waals surface area contributed by atoms with Crippen LogP contribution in [0.5, 0.6) is 0 Å². The van der Waals surface area contributed by atoms with Crippen molar-refractivity contribution in [2.75, 3.05) is 11.1 Å². The Bertz CT molecular complexity index is 1060. The molecular formula is C19H17F6NO4S. The first-order valence-corrected chi connectivity index (χ1v) is 10.4. The Balaban J connectivity index is 2.14. The number of rotatable bonds is 6. The molecule has 170 valence electrons. The first-order valence-electron chi connectivity index (χ1n) is 8.57. The van der Waals surface area contributed by atoms with E-state index in [1.54, 1.807) is 0 Å². The van der Waals surface area contributed by atoms with Crippen molar-refractivity contribution in [2.24, 2.45) is 0 Å². The third kappa shape index (κ3) is 6.96. The highest BCUT2D eigenvalue weighted by atomic mass is 32.2. The standard InChI is InChI=1S/C19H17F6NO4S/c1-17(28,16(27)26-15-7-3-6-14(9-15)19(23,24)25)11-31(29,30)10-12-4-2-5-13(8-12)18(20,21)22/h2-9,28H,10-11H2,1H3,(H,26,27)/t17-/m1/s1.